The standard InChI is InChI=1S/C17H19N5O2/c1-11-4-6-13(7-5-11)12(2)20-15(23)9-22-10-18-16-14(17(22)24)8-19-21(16)3/h4-8,10,12H,9H2,1-3H3,(H,20,23). The molecule has 0 bridgehead atoms. The lowest BCUT2D eigenvalue weighted by molar-refractivity contribution is -0.122. The van der Waals surface area contributed by atoms with Crippen molar-refractivity contribution >= 4 is 16.9 Å². The molecule has 1 aromatic carbocycles. The second-order valence-corrected chi connectivity index (χ2v) is 5.88. The first kappa shape index (κ1) is 15.9. The summed E-state index contributed by atoms with van der Waals surface area (Å²) in [5.41, 5.74) is 2.41. The van der Waals surface area contributed by atoms with Crippen molar-refractivity contribution in [2.45, 2.75) is 26.4 Å². The zero-order chi connectivity index (χ0) is 17.3. The summed E-state index contributed by atoms with van der Waals surface area (Å²) in [6.45, 7) is 3.85. The van der Waals surface area contributed by atoms with Crippen LogP contribution in [0.25, 0.3) is 11.0 Å². The molecule has 3 aromatic rings. The number of aromatic nitrogens is 4. The summed E-state index contributed by atoms with van der Waals surface area (Å²) in [7, 11) is 1.72. The van der Waals surface area contributed by atoms with Crippen LogP contribution in [0.15, 0.2) is 41.6 Å². The van der Waals surface area contributed by atoms with Gasteiger partial charge < -0.3 is 5.32 Å². The van der Waals surface area contributed by atoms with E-state index in [4.69, 9.17) is 0 Å². The minimum Gasteiger partial charge on any atom is -0.348 e. The number of carbonyl (C=O) groups excluding carboxylic acids is 1. The minimum absolute atomic E-state index is 0.0765. The Kier molecular flexibility index (Phi) is 4.16. The Morgan fingerprint density at radius 3 is 2.71 bits per heavy atom. The summed E-state index contributed by atoms with van der Waals surface area (Å²) in [4.78, 5) is 28.8. The van der Waals surface area contributed by atoms with Gasteiger partial charge in [-0.3, -0.25) is 18.8 Å². The Morgan fingerprint density at radius 2 is 2.00 bits per heavy atom. The fourth-order valence-corrected chi connectivity index (χ4v) is 2.56. The first-order chi connectivity index (χ1) is 11.5. The highest BCUT2D eigenvalue weighted by Gasteiger charge is 2.13. The van der Waals surface area contributed by atoms with E-state index in [-0.39, 0.29) is 24.1 Å². The predicted molar refractivity (Wildman–Crippen MR) is 90.5 cm³/mol. The van der Waals surface area contributed by atoms with Crippen LogP contribution in [-0.2, 0) is 18.4 Å². The van der Waals surface area contributed by atoms with E-state index in [2.05, 4.69) is 15.4 Å². The first-order valence-corrected chi connectivity index (χ1v) is 7.69. The zero-order valence-electron chi connectivity index (χ0n) is 13.9. The number of aryl methyl sites for hydroxylation is 2. The van der Waals surface area contributed by atoms with Gasteiger partial charge in [-0.05, 0) is 19.4 Å². The summed E-state index contributed by atoms with van der Waals surface area (Å²) < 4.78 is 2.82. The quantitative estimate of drug-likeness (QED) is 0.784. The van der Waals surface area contributed by atoms with Crippen molar-refractivity contribution in [3.63, 3.8) is 0 Å². The van der Waals surface area contributed by atoms with E-state index in [1.807, 2.05) is 38.1 Å². The topological polar surface area (TPSA) is 81.8 Å². The smallest absolute Gasteiger partial charge is 0.264 e. The van der Waals surface area contributed by atoms with Gasteiger partial charge >= 0.3 is 0 Å². The van der Waals surface area contributed by atoms with Gasteiger partial charge in [0.15, 0.2) is 5.65 Å². The van der Waals surface area contributed by atoms with Crippen LogP contribution in [0.2, 0.25) is 0 Å². The molecule has 1 atom stereocenters. The molecule has 1 amide bonds. The van der Waals surface area contributed by atoms with Gasteiger partial charge in [0.25, 0.3) is 5.56 Å². The Hall–Kier alpha value is -2.96. The van der Waals surface area contributed by atoms with Crippen molar-refractivity contribution < 1.29 is 4.79 Å². The largest absolute Gasteiger partial charge is 0.348 e. The van der Waals surface area contributed by atoms with E-state index in [0.717, 1.165) is 5.56 Å². The summed E-state index contributed by atoms with van der Waals surface area (Å²) in [5.74, 6) is -0.241. The number of carbonyl (C=O) groups is 1. The SMILES string of the molecule is Cc1ccc(C(C)NC(=O)Cn2cnc3c(cnn3C)c2=O)cc1. The van der Waals surface area contributed by atoms with Crippen LogP contribution in [0.1, 0.15) is 24.1 Å². The third-order valence-corrected chi connectivity index (χ3v) is 3.99. The van der Waals surface area contributed by atoms with Crippen LogP contribution in [-0.4, -0.2) is 25.2 Å². The maximum atomic E-state index is 12.4. The number of hydrogen-bond donors (Lipinski definition) is 1. The number of nitrogens with zero attached hydrogens (tertiary/aromatic N) is 4. The van der Waals surface area contributed by atoms with Crippen molar-refractivity contribution in [2.24, 2.45) is 7.05 Å². The molecule has 0 aliphatic heterocycles. The first-order valence-electron chi connectivity index (χ1n) is 7.69. The highest BCUT2D eigenvalue weighted by molar-refractivity contribution is 5.77. The Balaban J connectivity index is 1.74. The molecule has 0 aliphatic rings. The van der Waals surface area contributed by atoms with E-state index in [1.54, 1.807) is 7.05 Å². The van der Waals surface area contributed by atoms with Gasteiger partial charge in [-0.1, -0.05) is 29.8 Å². The van der Waals surface area contributed by atoms with E-state index in [0.29, 0.717) is 11.0 Å². The normalized spacial score (nSPS) is 12.3. The Labute approximate surface area is 138 Å². The van der Waals surface area contributed by atoms with Gasteiger partial charge in [-0.15, -0.1) is 0 Å². The number of amides is 1. The maximum absolute atomic E-state index is 12.4. The molecule has 2 aromatic heterocycles. The fourth-order valence-electron chi connectivity index (χ4n) is 2.56. The number of benzene rings is 1. The van der Waals surface area contributed by atoms with Gasteiger partial charge in [0.2, 0.25) is 5.91 Å². The van der Waals surface area contributed by atoms with E-state index in [1.165, 1.54) is 27.3 Å². The van der Waals surface area contributed by atoms with Crippen LogP contribution in [0.4, 0.5) is 0 Å². The van der Waals surface area contributed by atoms with Gasteiger partial charge in [-0.25, -0.2) is 4.98 Å². The molecule has 0 saturated heterocycles. The average Bonchev–Trinajstić information content (AvgIpc) is 2.92. The van der Waals surface area contributed by atoms with E-state index < -0.39 is 0 Å². The molecule has 0 fully saturated rings. The van der Waals surface area contributed by atoms with Gasteiger partial charge in [0, 0.05) is 7.05 Å². The summed E-state index contributed by atoms with van der Waals surface area (Å²) in [6, 6.07) is 7.83. The molecular weight excluding hydrogens is 306 g/mol. The second kappa shape index (κ2) is 6.27. The van der Waals surface area contributed by atoms with Crippen molar-refractivity contribution in [3.05, 3.63) is 58.3 Å². The van der Waals surface area contributed by atoms with Crippen molar-refractivity contribution in [3.8, 4) is 0 Å². The van der Waals surface area contributed by atoms with Crippen LogP contribution >= 0.6 is 0 Å². The number of fused-ring (bicyclic) bond motifs is 1. The Morgan fingerprint density at radius 1 is 1.29 bits per heavy atom. The molecule has 7 heteroatoms. The molecule has 7 nitrogen and oxygen atoms in total. The fraction of sp³-hybridized carbons (Fsp3) is 0.294. The van der Waals surface area contributed by atoms with Crippen LogP contribution < -0.4 is 10.9 Å². The molecule has 1 unspecified atom stereocenters. The van der Waals surface area contributed by atoms with Gasteiger partial charge in [-0.2, -0.15) is 5.10 Å². The van der Waals surface area contributed by atoms with Crippen LogP contribution in [0, 0.1) is 6.92 Å². The van der Waals surface area contributed by atoms with E-state index >= 15 is 0 Å². The van der Waals surface area contributed by atoms with Gasteiger partial charge in [0.1, 0.15) is 18.3 Å². The molecule has 0 aliphatic carbocycles. The van der Waals surface area contributed by atoms with E-state index in [9.17, 15) is 9.59 Å². The monoisotopic (exact) mass is 325 g/mol. The van der Waals surface area contributed by atoms with Gasteiger partial charge in [0.05, 0.1) is 12.2 Å². The highest BCUT2D eigenvalue weighted by atomic mass is 16.2. The molecule has 124 valence electrons. The molecular formula is C17H19N5O2. The number of nitrogens with one attached hydrogen (secondary N) is 1. The van der Waals surface area contributed by atoms with Crippen molar-refractivity contribution in [1.29, 1.82) is 0 Å². The summed E-state index contributed by atoms with van der Waals surface area (Å²) >= 11 is 0. The molecule has 0 spiro atoms. The molecule has 1 N–H and O–H groups in total. The predicted octanol–water partition coefficient (Wildman–Crippen LogP) is 1.32. The Bertz CT molecular complexity index is 940. The third-order valence-electron chi connectivity index (χ3n) is 3.99. The number of hydrogen-bond acceptors (Lipinski definition) is 4. The molecule has 24 heavy (non-hydrogen) atoms. The number of rotatable bonds is 4. The molecule has 3 rings (SSSR count). The van der Waals surface area contributed by atoms with Crippen LogP contribution in [0.5, 0.6) is 0 Å². The molecule has 0 saturated carbocycles. The lowest BCUT2D eigenvalue weighted by Gasteiger charge is -2.15. The summed E-state index contributed by atoms with van der Waals surface area (Å²) in [5, 5.41) is 7.31. The molecule has 0 radical (unpaired) electrons. The lowest BCUT2D eigenvalue weighted by atomic mass is 10.1. The maximum Gasteiger partial charge on any atom is 0.264 e. The second-order valence-electron chi connectivity index (χ2n) is 5.88. The summed E-state index contributed by atoms with van der Waals surface area (Å²) in [6.07, 6.45) is 2.84. The van der Waals surface area contributed by atoms with Crippen molar-refractivity contribution in [2.75, 3.05) is 0 Å². The highest BCUT2D eigenvalue weighted by Crippen LogP contribution is 2.13. The minimum atomic E-state index is -0.272. The zero-order valence-corrected chi connectivity index (χ0v) is 13.9. The van der Waals surface area contributed by atoms with Crippen LogP contribution in [0.3, 0.4) is 0 Å². The van der Waals surface area contributed by atoms with Crippen molar-refractivity contribution in [1.82, 2.24) is 24.6 Å². The average molecular weight is 325 g/mol. The third kappa shape index (κ3) is 3.05. The molecule has 2 heterocycles. The lowest BCUT2D eigenvalue weighted by Crippen LogP contribution is -2.33.